The summed E-state index contributed by atoms with van der Waals surface area (Å²) >= 11 is 0. The monoisotopic (exact) mass is 643 g/mol. The van der Waals surface area contributed by atoms with Gasteiger partial charge in [0.2, 0.25) is 0 Å². The van der Waals surface area contributed by atoms with E-state index >= 15 is 0 Å². The average molecular weight is 643 g/mol. The van der Waals surface area contributed by atoms with Gasteiger partial charge in [0, 0.05) is 29.6 Å². The molecule has 0 aliphatic carbocycles. The Labute approximate surface area is 287 Å². The fraction of sp³-hybridized carbons (Fsp3) is 0.837. The van der Waals surface area contributed by atoms with Crippen LogP contribution < -0.4 is 0 Å². The molecule has 10 unspecified atom stereocenters. The molecule has 268 valence electrons. The summed E-state index contributed by atoms with van der Waals surface area (Å²) in [6.07, 6.45) is 8.72. The molecule has 0 bridgehead atoms. The Morgan fingerprint density at radius 1 is 0.652 bits per heavy atom. The molecule has 0 aromatic carbocycles. The molecule has 0 aliphatic rings. The molecule has 46 heavy (non-hydrogen) atoms. The highest BCUT2D eigenvalue weighted by Crippen LogP contribution is 2.38. The second kappa shape index (κ2) is 18.9. The topological polar surface area (TPSA) is 51.2 Å². The van der Waals surface area contributed by atoms with Crippen LogP contribution in [0, 0.1) is 81.8 Å². The van der Waals surface area contributed by atoms with Crippen molar-refractivity contribution >= 4 is 17.3 Å². The quantitative estimate of drug-likeness (QED) is 0.0980. The summed E-state index contributed by atoms with van der Waals surface area (Å²) in [6, 6.07) is 0. The van der Waals surface area contributed by atoms with Gasteiger partial charge in [0.05, 0.1) is 0 Å². The number of ketones is 3. The standard InChI is InChI=1S/C43H78O3/c1-26(2)32(9)39(25-38(44)22-23-43(18,19)41(46)36(13)37(14)42(15,16)17)34(11)31(8)24-30(7)33(10)28(5)20-21-29(6)35(12)40(45)27(3)4/h22-24,26-29,31-37,39H,20-21,25H2,1-19H3/b23-22+,30-24+. The predicted octanol–water partition coefficient (Wildman–Crippen LogP) is 12.1. The van der Waals surface area contributed by atoms with Crippen molar-refractivity contribution in [1.82, 2.24) is 0 Å². The van der Waals surface area contributed by atoms with E-state index in [4.69, 9.17) is 0 Å². The van der Waals surface area contributed by atoms with Gasteiger partial charge in [-0.25, -0.2) is 0 Å². The summed E-state index contributed by atoms with van der Waals surface area (Å²) in [5.74, 6) is 4.31. The molecule has 3 heteroatoms. The molecular formula is C43H78O3. The van der Waals surface area contributed by atoms with Crippen molar-refractivity contribution in [3.05, 3.63) is 23.8 Å². The van der Waals surface area contributed by atoms with Gasteiger partial charge in [-0.3, -0.25) is 14.4 Å². The molecule has 0 amide bonds. The van der Waals surface area contributed by atoms with Crippen LogP contribution >= 0.6 is 0 Å². The number of rotatable bonds is 20. The van der Waals surface area contributed by atoms with Crippen molar-refractivity contribution in [3.63, 3.8) is 0 Å². The minimum Gasteiger partial charge on any atom is -0.299 e. The van der Waals surface area contributed by atoms with Gasteiger partial charge < -0.3 is 0 Å². The normalized spacial score (nSPS) is 20.2. The highest BCUT2D eigenvalue weighted by atomic mass is 16.1. The van der Waals surface area contributed by atoms with Crippen molar-refractivity contribution < 1.29 is 14.4 Å². The van der Waals surface area contributed by atoms with Gasteiger partial charge in [0.1, 0.15) is 11.6 Å². The first-order valence-corrected chi connectivity index (χ1v) is 18.8. The fourth-order valence-electron chi connectivity index (χ4n) is 6.98. The van der Waals surface area contributed by atoms with Gasteiger partial charge in [-0.2, -0.15) is 0 Å². The lowest BCUT2D eigenvalue weighted by atomic mass is 9.68. The summed E-state index contributed by atoms with van der Waals surface area (Å²) in [5, 5.41) is 0. The van der Waals surface area contributed by atoms with Crippen LogP contribution in [0.1, 0.15) is 151 Å². The number of carbonyl (C=O) groups excluding carboxylic acids is 3. The third-order valence-electron chi connectivity index (χ3n) is 12.6. The van der Waals surface area contributed by atoms with E-state index in [2.05, 4.69) is 103 Å². The number of carbonyl (C=O) groups is 3. The van der Waals surface area contributed by atoms with Gasteiger partial charge in [0.25, 0.3) is 0 Å². The lowest BCUT2D eigenvalue weighted by Gasteiger charge is -2.35. The van der Waals surface area contributed by atoms with E-state index in [0.717, 1.165) is 12.8 Å². The highest BCUT2D eigenvalue weighted by molar-refractivity contribution is 5.93. The highest BCUT2D eigenvalue weighted by Gasteiger charge is 2.37. The summed E-state index contributed by atoms with van der Waals surface area (Å²) in [6.45, 7) is 41.4. The van der Waals surface area contributed by atoms with E-state index in [0.29, 0.717) is 53.6 Å². The molecule has 0 N–H and O–H groups in total. The smallest absolute Gasteiger partial charge is 0.155 e. The molecule has 10 atom stereocenters. The van der Waals surface area contributed by atoms with Gasteiger partial charge in [-0.05, 0) is 98.4 Å². The first-order valence-electron chi connectivity index (χ1n) is 18.8. The summed E-state index contributed by atoms with van der Waals surface area (Å²) in [7, 11) is 0. The molecule has 3 nitrogen and oxygen atoms in total. The molecule has 0 saturated heterocycles. The zero-order valence-corrected chi connectivity index (χ0v) is 34.0. The van der Waals surface area contributed by atoms with Crippen molar-refractivity contribution in [3.8, 4) is 0 Å². The van der Waals surface area contributed by atoms with Gasteiger partial charge in [-0.15, -0.1) is 0 Å². The van der Waals surface area contributed by atoms with Crippen molar-refractivity contribution in [2.75, 3.05) is 0 Å². The summed E-state index contributed by atoms with van der Waals surface area (Å²) in [5.41, 5.74) is 0.790. The Kier molecular flexibility index (Phi) is 18.3. The van der Waals surface area contributed by atoms with Crippen molar-refractivity contribution in [2.24, 2.45) is 81.8 Å². The molecule has 0 aliphatic heterocycles. The van der Waals surface area contributed by atoms with E-state index in [1.165, 1.54) is 5.57 Å². The van der Waals surface area contributed by atoms with E-state index in [1.807, 2.05) is 40.7 Å². The second-order valence-corrected chi connectivity index (χ2v) is 18.1. The molecule has 0 heterocycles. The predicted molar refractivity (Wildman–Crippen MR) is 201 cm³/mol. The molecule has 0 rings (SSSR count). The Bertz CT molecular complexity index is 1020. The number of hydrogen-bond donors (Lipinski definition) is 0. The SMILES string of the molecule is C/C(=C\C(C)C(C)C(CC(=O)/C=C/C(C)(C)C(=O)C(C)C(C)C(C)(C)C)C(C)C(C)C)C(C)C(C)CCC(C)C(C)C(=O)C(C)C. The van der Waals surface area contributed by atoms with E-state index < -0.39 is 5.41 Å². The average Bonchev–Trinajstić information content (AvgIpc) is 2.97. The van der Waals surface area contributed by atoms with Gasteiger partial charge in [0.15, 0.2) is 5.78 Å². The van der Waals surface area contributed by atoms with Crippen molar-refractivity contribution in [1.29, 1.82) is 0 Å². The van der Waals surface area contributed by atoms with Crippen LogP contribution in [0.4, 0.5) is 0 Å². The van der Waals surface area contributed by atoms with Crippen LogP contribution in [0.2, 0.25) is 0 Å². The minimum absolute atomic E-state index is 0.0481. The first-order chi connectivity index (χ1) is 20.8. The van der Waals surface area contributed by atoms with Crippen LogP contribution in [0.5, 0.6) is 0 Å². The van der Waals surface area contributed by atoms with E-state index in [-0.39, 0.29) is 46.6 Å². The number of Topliss-reactive ketones (excluding diaryl/α,β-unsaturated/α-hetero) is 2. The van der Waals surface area contributed by atoms with E-state index in [1.54, 1.807) is 6.08 Å². The minimum atomic E-state index is -0.681. The molecule has 0 aromatic heterocycles. The Hall–Kier alpha value is -1.51. The third-order valence-corrected chi connectivity index (χ3v) is 12.6. The van der Waals surface area contributed by atoms with Gasteiger partial charge >= 0.3 is 0 Å². The lowest BCUT2D eigenvalue weighted by molar-refractivity contribution is -0.131. The summed E-state index contributed by atoms with van der Waals surface area (Å²) in [4.78, 5) is 39.4. The Balaban J connectivity index is 5.70. The number of hydrogen-bond acceptors (Lipinski definition) is 3. The summed E-state index contributed by atoms with van der Waals surface area (Å²) < 4.78 is 0. The van der Waals surface area contributed by atoms with E-state index in [9.17, 15) is 14.4 Å². The van der Waals surface area contributed by atoms with Crippen LogP contribution in [-0.4, -0.2) is 17.3 Å². The molecule has 0 aromatic rings. The molecule has 0 radical (unpaired) electrons. The molecule has 0 saturated carbocycles. The Morgan fingerprint density at radius 3 is 1.57 bits per heavy atom. The maximum Gasteiger partial charge on any atom is 0.155 e. The molecule has 0 spiro atoms. The van der Waals surface area contributed by atoms with Crippen molar-refractivity contribution in [2.45, 2.75) is 151 Å². The van der Waals surface area contributed by atoms with Crippen LogP contribution in [0.3, 0.4) is 0 Å². The molecule has 0 fully saturated rings. The number of allylic oxidation sites excluding steroid dienone is 4. The van der Waals surface area contributed by atoms with Crippen LogP contribution in [-0.2, 0) is 14.4 Å². The largest absolute Gasteiger partial charge is 0.299 e. The Morgan fingerprint density at radius 2 is 1.13 bits per heavy atom. The van der Waals surface area contributed by atoms with Gasteiger partial charge in [-0.1, -0.05) is 129 Å². The zero-order chi connectivity index (χ0) is 36.5. The maximum absolute atomic E-state index is 13.5. The maximum atomic E-state index is 13.5. The molecular weight excluding hydrogens is 564 g/mol. The fourth-order valence-corrected chi connectivity index (χ4v) is 6.98. The third kappa shape index (κ3) is 13.5. The van der Waals surface area contributed by atoms with Crippen LogP contribution in [0.25, 0.3) is 0 Å². The van der Waals surface area contributed by atoms with Crippen LogP contribution in [0.15, 0.2) is 23.8 Å². The first kappa shape index (κ1) is 44.5. The zero-order valence-electron chi connectivity index (χ0n) is 34.0. The second-order valence-electron chi connectivity index (χ2n) is 18.1. The lowest BCUT2D eigenvalue weighted by Crippen LogP contribution is -2.36.